The molecule has 5 aromatic rings. The van der Waals surface area contributed by atoms with E-state index in [-0.39, 0.29) is 72.3 Å². The minimum atomic E-state index is -5.15. The quantitative estimate of drug-likeness (QED) is 0.0107. The molecule has 33 heteroatoms. The topological polar surface area (TPSA) is 351 Å². The van der Waals surface area contributed by atoms with Crippen LogP contribution in [-0.2, 0) is 80.2 Å². The fourth-order valence-electron chi connectivity index (χ4n) is 13.9. The number of rotatable bonds is 37. The van der Waals surface area contributed by atoms with Gasteiger partial charge in [0.2, 0.25) is 23.6 Å². The highest BCUT2D eigenvalue weighted by atomic mass is 32.2. The largest absolute Gasteiger partial charge is 0.491 e. The van der Waals surface area contributed by atoms with Crippen LogP contribution in [0.2, 0.25) is 0 Å². The summed E-state index contributed by atoms with van der Waals surface area (Å²) in [6.07, 6.45) is -4.41. The summed E-state index contributed by atoms with van der Waals surface area (Å²) in [7, 11) is 3.15. The number of halogens is 3. The number of nitrogens with two attached hydrogens (primary N) is 1. The number of likely N-dealkylation sites (N-methyl/N-ethyl adjacent to an activating group) is 2. The van der Waals surface area contributed by atoms with Crippen LogP contribution >= 0.6 is 23.5 Å². The van der Waals surface area contributed by atoms with Crippen LogP contribution in [0, 0.1) is 23.2 Å². The first-order valence-electron chi connectivity index (χ1n) is 38.3. The molecule has 8 rings (SSSR count). The van der Waals surface area contributed by atoms with Gasteiger partial charge < -0.3 is 59.9 Å². The predicted octanol–water partition coefficient (Wildman–Crippen LogP) is 10.5. The van der Waals surface area contributed by atoms with Crippen molar-refractivity contribution in [3.8, 4) is 5.75 Å². The van der Waals surface area contributed by atoms with Crippen molar-refractivity contribution in [3.63, 3.8) is 0 Å². The second kappa shape index (κ2) is 42.1. The molecule has 0 radical (unpaired) electrons. The Balaban J connectivity index is 0.876. The number of thioether (sulfide) groups is 2. The lowest BCUT2D eigenvalue weighted by Gasteiger charge is -2.42. The standard InChI is InChI=1S/C84H103F3N10O18S2/c1-51(2)65(45-53(5)115-50-98)93(11)71(82(6,7)8)74(102)92-75(103)72(83(9,10)58-18-14-13-15-19-58)94(12)81(109)114-48-54-20-26-59(27-21-54)90-73(101)57(17-16-34-89-80(88)108)46-66(99)68(52(3)4)91-67(100)49-112-43-44-113-60-28-33-64(63(47-60)84(85,86)87)97-78(106)69(116-61-29-22-55(23-30-61)76(104)95-35-39-110-40-36-95)70(79(97)107)117-62-31-24-56(25-32-62)77(105)96-37-41-111-42-38-96/h13-15,18-33,45,47,50-52,57,65,68,71-72H,16-17,34-44,46,48-49H2,1-12H3,(H,90,101)(H,91,100)(H3,88,89,108)(H,92,102,103)/b53-45+/t57-,65-,68+,71-,72-/m1/s1. The van der Waals surface area contributed by atoms with Crippen molar-refractivity contribution in [1.82, 2.24) is 35.6 Å². The molecule has 630 valence electrons. The summed E-state index contributed by atoms with van der Waals surface area (Å²) in [4.78, 5) is 171. The summed E-state index contributed by atoms with van der Waals surface area (Å²) >= 11 is 1.67. The van der Waals surface area contributed by atoms with Gasteiger partial charge in [-0.3, -0.25) is 63.1 Å². The van der Waals surface area contributed by atoms with E-state index in [2.05, 4.69) is 21.3 Å². The molecule has 2 saturated heterocycles. The van der Waals surface area contributed by atoms with Crippen LogP contribution in [0.5, 0.6) is 5.75 Å². The summed E-state index contributed by atoms with van der Waals surface area (Å²) in [5.41, 5.74) is 3.41. The van der Waals surface area contributed by atoms with Crippen molar-refractivity contribution >= 4 is 107 Å². The molecule has 0 aliphatic carbocycles. The Labute approximate surface area is 687 Å². The number of morpholine rings is 2. The third-order valence-corrected chi connectivity index (χ3v) is 22.2. The average Bonchev–Trinajstić information content (AvgIpc) is 1.63. The van der Waals surface area contributed by atoms with Crippen molar-refractivity contribution in [1.29, 1.82) is 0 Å². The van der Waals surface area contributed by atoms with Crippen LogP contribution in [0.4, 0.5) is 34.1 Å². The number of ether oxygens (including phenoxy) is 6. The Bertz CT molecular complexity index is 4340. The lowest BCUT2D eigenvalue weighted by molar-refractivity contribution is -0.140. The number of benzene rings is 5. The number of Topliss-reactive ketones (excluding diaryl/α,β-unsaturated/α-hetero) is 1. The monoisotopic (exact) mass is 1660 g/mol. The number of urea groups is 1. The summed E-state index contributed by atoms with van der Waals surface area (Å²) in [6, 6.07) is 25.9. The molecule has 0 aromatic heterocycles. The van der Waals surface area contributed by atoms with Crippen LogP contribution in [0.25, 0.3) is 0 Å². The van der Waals surface area contributed by atoms with Gasteiger partial charge in [-0.05, 0) is 140 Å². The smallest absolute Gasteiger partial charge is 0.418 e. The van der Waals surface area contributed by atoms with Crippen LogP contribution in [0.1, 0.15) is 126 Å². The first-order valence-corrected chi connectivity index (χ1v) is 39.9. The molecule has 11 amide bonds. The first-order chi connectivity index (χ1) is 55.4. The zero-order chi connectivity index (χ0) is 85.6. The molecular formula is C84H103F3N10O18S2. The van der Waals surface area contributed by atoms with Crippen molar-refractivity contribution < 1.29 is 99.1 Å². The molecule has 117 heavy (non-hydrogen) atoms. The van der Waals surface area contributed by atoms with E-state index in [0.29, 0.717) is 114 Å². The summed E-state index contributed by atoms with van der Waals surface area (Å²) in [5, 5.41) is 10.6. The number of amides is 11. The van der Waals surface area contributed by atoms with E-state index in [0.717, 1.165) is 40.6 Å². The van der Waals surface area contributed by atoms with Crippen molar-refractivity contribution in [2.75, 3.05) is 103 Å². The van der Waals surface area contributed by atoms with Crippen LogP contribution < -0.4 is 36.6 Å². The summed E-state index contributed by atoms with van der Waals surface area (Å²) in [5.74, 6) is -7.46. The normalized spacial score (nSPS) is 15.6. The minimum absolute atomic E-state index is 0.0648. The predicted molar refractivity (Wildman–Crippen MR) is 432 cm³/mol. The molecule has 3 heterocycles. The molecule has 6 N–H and O–H groups in total. The van der Waals surface area contributed by atoms with Gasteiger partial charge in [-0.15, -0.1) is 0 Å². The second-order valence-electron chi connectivity index (χ2n) is 30.7. The summed E-state index contributed by atoms with van der Waals surface area (Å²) in [6.45, 7) is 19.8. The Morgan fingerprint density at radius 3 is 1.74 bits per heavy atom. The van der Waals surface area contributed by atoms with Crippen LogP contribution in [0.3, 0.4) is 0 Å². The number of hydrogen-bond acceptors (Lipinski definition) is 21. The molecule has 3 aliphatic heterocycles. The Kier molecular flexibility index (Phi) is 33.1. The number of ketones is 1. The van der Waals surface area contributed by atoms with Crippen molar-refractivity contribution in [2.45, 2.75) is 141 Å². The maximum atomic E-state index is 15.2. The fraction of sp³-hybridized carbons (Fsp3) is 0.452. The molecule has 3 aliphatic rings. The first kappa shape index (κ1) is 92.1. The number of hydrogen-bond donors (Lipinski definition) is 5. The van der Waals surface area contributed by atoms with Gasteiger partial charge in [0.1, 0.15) is 37.4 Å². The number of carbonyl (C=O) groups excluding carboxylic acids is 12. The SMILES string of the molecule is C/C(=C\[C@H](C(C)C)N(C)[C@H](C(=O)NC(=O)[C@@H](N(C)C(=O)OCc1ccc(NC(=O)[C@H](CCCNC(N)=O)CC(=O)[C@@H](NC(=O)COCCOc2ccc(N3C(=O)C(Sc4ccc(C(=O)N5CCOCC5)cc4)=C(Sc4ccc(C(=O)N5CCOCC5)cc4)C3=O)c(C(F)(F)F)c2)C(C)C)cc1)C(C)(C)c1ccccc1)C(C)(C)C)OC=O. The summed E-state index contributed by atoms with van der Waals surface area (Å²) < 4.78 is 78.5. The molecular weight excluding hydrogens is 1560 g/mol. The lowest BCUT2D eigenvalue weighted by atomic mass is 9.76. The van der Waals surface area contributed by atoms with Gasteiger partial charge in [-0.25, -0.2) is 14.5 Å². The molecule has 0 saturated carbocycles. The number of imide groups is 2. The van der Waals surface area contributed by atoms with Gasteiger partial charge in [0.05, 0.1) is 66.2 Å². The number of nitrogens with one attached hydrogen (secondary N) is 4. The van der Waals surface area contributed by atoms with Crippen LogP contribution in [-0.4, -0.2) is 208 Å². The molecule has 0 spiro atoms. The lowest BCUT2D eigenvalue weighted by Crippen LogP contribution is -2.62. The van der Waals surface area contributed by atoms with Gasteiger partial charge >= 0.3 is 18.3 Å². The van der Waals surface area contributed by atoms with Gasteiger partial charge in [0, 0.05) is 90.2 Å². The minimum Gasteiger partial charge on any atom is -0.491 e. The van der Waals surface area contributed by atoms with Gasteiger partial charge in [0.25, 0.3) is 30.1 Å². The molecule has 2 fully saturated rings. The molecule has 28 nitrogen and oxygen atoms in total. The highest BCUT2D eigenvalue weighted by molar-refractivity contribution is 8.08. The average molecular weight is 1660 g/mol. The Morgan fingerprint density at radius 1 is 0.684 bits per heavy atom. The third kappa shape index (κ3) is 25.3. The Hall–Kier alpha value is -10.5. The van der Waals surface area contributed by atoms with Crippen molar-refractivity contribution in [3.05, 3.63) is 171 Å². The van der Waals surface area contributed by atoms with E-state index in [1.54, 1.807) is 161 Å². The number of alkyl halides is 3. The molecule has 5 aromatic carbocycles. The number of primary amides is 1. The molecule has 5 atom stereocenters. The van der Waals surface area contributed by atoms with Gasteiger partial charge in [0.15, 0.2) is 5.78 Å². The second-order valence-corrected chi connectivity index (χ2v) is 32.9. The van der Waals surface area contributed by atoms with Gasteiger partial charge in [-0.2, -0.15) is 13.2 Å². The van der Waals surface area contributed by atoms with E-state index < -0.39 is 131 Å². The number of nitrogens with zero attached hydrogens (tertiary/aromatic N) is 5. The van der Waals surface area contributed by atoms with Crippen molar-refractivity contribution in [2.24, 2.45) is 28.9 Å². The highest BCUT2D eigenvalue weighted by Gasteiger charge is 2.48. The molecule has 0 bridgehead atoms. The van der Waals surface area contributed by atoms with E-state index >= 15 is 13.2 Å². The zero-order valence-corrected chi connectivity index (χ0v) is 69.3. The van der Waals surface area contributed by atoms with E-state index in [1.807, 2.05) is 39.5 Å². The number of carbonyl (C=O) groups is 12. The zero-order valence-electron chi connectivity index (χ0n) is 67.7. The van der Waals surface area contributed by atoms with Crippen LogP contribution in [0.15, 0.2) is 153 Å². The third-order valence-electron chi connectivity index (χ3n) is 19.9. The van der Waals surface area contributed by atoms with E-state index in [4.69, 9.17) is 34.2 Å². The van der Waals surface area contributed by atoms with Gasteiger partial charge in [-0.1, -0.05) is 128 Å². The van der Waals surface area contributed by atoms with E-state index in [1.165, 1.54) is 7.05 Å². The Morgan fingerprint density at radius 2 is 1.23 bits per heavy atom. The molecule has 0 unspecified atom stereocenters. The van der Waals surface area contributed by atoms with E-state index in [9.17, 15) is 57.5 Å². The fourth-order valence-corrected chi connectivity index (χ4v) is 15.9. The maximum absolute atomic E-state index is 15.2. The highest BCUT2D eigenvalue weighted by Crippen LogP contribution is 2.48. The number of anilines is 2. The number of allylic oxidation sites excluding steroid dienone is 1. The maximum Gasteiger partial charge on any atom is 0.418 e.